The van der Waals surface area contributed by atoms with Crippen LogP contribution in [-0.4, -0.2) is 0 Å². The lowest BCUT2D eigenvalue weighted by molar-refractivity contribution is 1.42. The molecule has 0 nitrogen and oxygen atoms in total. The van der Waals surface area contributed by atoms with Crippen LogP contribution in [0.1, 0.15) is 5.56 Å². The Balaban J connectivity index is 2.26. The maximum Gasteiger partial charge on any atom is 0.0267 e. The normalized spacial score (nSPS) is 10.6. The van der Waals surface area contributed by atoms with E-state index in [2.05, 4.69) is 99.4 Å². The molecule has 0 saturated carbocycles. The predicted octanol–water partition coefficient (Wildman–Crippen LogP) is 6.85. The van der Waals surface area contributed by atoms with Crippen molar-refractivity contribution in [1.82, 2.24) is 0 Å². The van der Waals surface area contributed by atoms with Crippen LogP contribution in [0.4, 0.5) is 0 Å². The molecule has 3 aromatic carbocycles. The maximum absolute atomic E-state index is 3.71. The molecule has 3 aromatic rings. The van der Waals surface area contributed by atoms with Crippen molar-refractivity contribution in [3.63, 3.8) is 0 Å². The number of halogens is 2. The van der Waals surface area contributed by atoms with Crippen LogP contribution in [0.2, 0.25) is 0 Å². The third kappa shape index (κ3) is 2.97. The van der Waals surface area contributed by atoms with E-state index in [-0.39, 0.29) is 0 Å². The molecule has 21 heavy (non-hydrogen) atoms. The van der Waals surface area contributed by atoms with Crippen LogP contribution in [0.15, 0.2) is 75.7 Å². The van der Waals surface area contributed by atoms with Gasteiger partial charge in [0.15, 0.2) is 0 Å². The van der Waals surface area contributed by atoms with E-state index in [1.807, 2.05) is 6.07 Å². The van der Waals surface area contributed by atoms with E-state index in [1.54, 1.807) is 0 Å². The van der Waals surface area contributed by atoms with Gasteiger partial charge in [-0.3, -0.25) is 0 Å². The van der Waals surface area contributed by atoms with E-state index in [4.69, 9.17) is 0 Å². The molecule has 0 aliphatic carbocycles. The monoisotopic (exact) mass is 400 g/mol. The molecule has 0 aliphatic rings. The van der Waals surface area contributed by atoms with Gasteiger partial charge < -0.3 is 0 Å². The second-order valence-corrected chi connectivity index (χ2v) is 6.76. The van der Waals surface area contributed by atoms with Gasteiger partial charge >= 0.3 is 0 Å². The molecule has 0 spiro atoms. The Morgan fingerprint density at radius 1 is 0.714 bits per heavy atom. The lowest BCUT2D eigenvalue weighted by atomic mass is 9.92. The van der Waals surface area contributed by atoms with Crippen molar-refractivity contribution in [3.05, 3.63) is 81.2 Å². The summed E-state index contributed by atoms with van der Waals surface area (Å²) < 4.78 is 2.20. The minimum absolute atomic E-state index is 1.09. The molecule has 0 saturated heterocycles. The summed E-state index contributed by atoms with van der Waals surface area (Å²) in [4.78, 5) is 0. The van der Waals surface area contributed by atoms with E-state index in [0.717, 1.165) is 8.95 Å². The summed E-state index contributed by atoms with van der Waals surface area (Å²) in [6.07, 6.45) is 0. The van der Waals surface area contributed by atoms with E-state index >= 15 is 0 Å². The molecule has 0 fully saturated rings. The third-order valence-corrected chi connectivity index (χ3v) is 4.62. The Morgan fingerprint density at radius 3 is 2.00 bits per heavy atom. The Morgan fingerprint density at radius 2 is 1.33 bits per heavy atom. The molecule has 0 heterocycles. The van der Waals surface area contributed by atoms with E-state index in [9.17, 15) is 0 Å². The van der Waals surface area contributed by atoms with Gasteiger partial charge in [0.05, 0.1) is 0 Å². The quantitative estimate of drug-likeness (QED) is 0.440. The largest absolute Gasteiger partial charge is 0.0622 e. The highest BCUT2D eigenvalue weighted by molar-refractivity contribution is 9.11. The average Bonchev–Trinajstić information content (AvgIpc) is 2.48. The number of hydrogen-bond acceptors (Lipinski definition) is 0. The van der Waals surface area contributed by atoms with E-state index < -0.39 is 0 Å². The summed E-state index contributed by atoms with van der Waals surface area (Å²) in [5.74, 6) is 0. The Kier molecular flexibility index (Phi) is 4.27. The molecule has 3 rings (SSSR count). The first kappa shape index (κ1) is 14.6. The summed E-state index contributed by atoms with van der Waals surface area (Å²) in [6.45, 7) is 2.15. The maximum atomic E-state index is 3.71. The lowest BCUT2D eigenvalue weighted by Crippen LogP contribution is -1.90. The summed E-state index contributed by atoms with van der Waals surface area (Å²) >= 11 is 7.26. The predicted molar refractivity (Wildman–Crippen MR) is 97.5 cm³/mol. The molecule has 0 bridgehead atoms. The minimum Gasteiger partial charge on any atom is -0.0622 e. The molecule has 0 aromatic heterocycles. The van der Waals surface area contributed by atoms with Crippen LogP contribution in [0, 0.1) is 6.92 Å². The third-order valence-electron chi connectivity index (χ3n) is 3.53. The molecule has 0 atom stereocenters. The summed E-state index contributed by atoms with van der Waals surface area (Å²) in [7, 11) is 0. The Bertz CT molecular complexity index is 754. The first-order valence-corrected chi connectivity index (χ1v) is 8.36. The van der Waals surface area contributed by atoms with Crippen LogP contribution in [0.5, 0.6) is 0 Å². The zero-order valence-electron chi connectivity index (χ0n) is 11.6. The van der Waals surface area contributed by atoms with Crippen molar-refractivity contribution < 1.29 is 0 Å². The fraction of sp³-hybridized carbons (Fsp3) is 0.0526. The Hall–Kier alpha value is -1.38. The fourth-order valence-electron chi connectivity index (χ4n) is 2.61. The molecule has 0 N–H and O–H groups in total. The molecule has 0 aliphatic heterocycles. The first-order valence-electron chi connectivity index (χ1n) is 6.77. The van der Waals surface area contributed by atoms with Gasteiger partial charge in [-0.25, -0.2) is 0 Å². The molecule has 0 radical (unpaired) electrons. The van der Waals surface area contributed by atoms with Crippen molar-refractivity contribution in [2.45, 2.75) is 6.92 Å². The Labute approximate surface area is 142 Å². The summed E-state index contributed by atoms with van der Waals surface area (Å²) in [5.41, 5.74) is 6.24. The van der Waals surface area contributed by atoms with Crippen molar-refractivity contribution in [2.24, 2.45) is 0 Å². The number of rotatable bonds is 2. The number of aryl methyl sites for hydroxylation is 1. The summed E-state index contributed by atoms with van der Waals surface area (Å²) in [5, 5.41) is 0. The smallest absolute Gasteiger partial charge is 0.0267 e. The van der Waals surface area contributed by atoms with Gasteiger partial charge in [-0.15, -0.1) is 0 Å². The lowest BCUT2D eigenvalue weighted by Gasteiger charge is -2.14. The van der Waals surface area contributed by atoms with Gasteiger partial charge in [-0.1, -0.05) is 86.5 Å². The number of hydrogen-bond donors (Lipinski definition) is 0. The second-order valence-electron chi connectivity index (χ2n) is 4.99. The van der Waals surface area contributed by atoms with Gasteiger partial charge in [-0.05, 0) is 46.9 Å². The van der Waals surface area contributed by atoms with Gasteiger partial charge in [0.1, 0.15) is 0 Å². The van der Waals surface area contributed by atoms with Crippen molar-refractivity contribution in [1.29, 1.82) is 0 Å². The van der Waals surface area contributed by atoms with E-state index in [0.29, 0.717) is 0 Å². The average molecular weight is 402 g/mol. The van der Waals surface area contributed by atoms with Gasteiger partial charge in [0.2, 0.25) is 0 Å². The SMILES string of the molecule is Cc1cc(Br)cc(Br)c1-c1ccccc1-c1ccccc1. The van der Waals surface area contributed by atoms with Crippen LogP contribution in [0.25, 0.3) is 22.3 Å². The standard InChI is InChI=1S/C19H14Br2/c1-13-11-15(20)12-18(21)19(13)17-10-6-5-9-16(17)14-7-3-2-4-8-14/h2-12H,1H3. The fourth-order valence-corrected chi connectivity index (χ4v) is 4.27. The van der Waals surface area contributed by atoms with Crippen molar-refractivity contribution in [3.8, 4) is 22.3 Å². The van der Waals surface area contributed by atoms with Crippen LogP contribution >= 0.6 is 31.9 Å². The van der Waals surface area contributed by atoms with Crippen LogP contribution in [0.3, 0.4) is 0 Å². The highest BCUT2D eigenvalue weighted by atomic mass is 79.9. The number of benzene rings is 3. The zero-order valence-corrected chi connectivity index (χ0v) is 14.8. The van der Waals surface area contributed by atoms with E-state index in [1.165, 1.54) is 27.8 Å². The molecular formula is C19H14Br2. The van der Waals surface area contributed by atoms with Crippen LogP contribution in [-0.2, 0) is 0 Å². The first-order chi connectivity index (χ1) is 10.2. The minimum atomic E-state index is 1.09. The van der Waals surface area contributed by atoms with Crippen molar-refractivity contribution >= 4 is 31.9 Å². The van der Waals surface area contributed by atoms with Gasteiger partial charge in [0, 0.05) is 8.95 Å². The molecular weight excluding hydrogens is 388 g/mol. The van der Waals surface area contributed by atoms with Crippen LogP contribution < -0.4 is 0 Å². The highest BCUT2D eigenvalue weighted by Crippen LogP contribution is 2.39. The second kappa shape index (κ2) is 6.17. The molecule has 0 amide bonds. The van der Waals surface area contributed by atoms with Gasteiger partial charge in [0.25, 0.3) is 0 Å². The molecule has 0 unspecified atom stereocenters. The topological polar surface area (TPSA) is 0 Å². The highest BCUT2D eigenvalue weighted by Gasteiger charge is 2.12. The zero-order chi connectivity index (χ0) is 14.8. The van der Waals surface area contributed by atoms with Crippen molar-refractivity contribution in [2.75, 3.05) is 0 Å². The molecule has 104 valence electrons. The molecule has 2 heteroatoms. The van der Waals surface area contributed by atoms with Gasteiger partial charge in [-0.2, -0.15) is 0 Å². The summed E-state index contributed by atoms with van der Waals surface area (Å²) in [6, 6.07) is 23.3.